The Morgan fingerprint density at radius 1 is 1.08 bits per heavy atom. The average Bonchev–Trinajstić information content (AvgIpc) is 2.81. The van der Waals surface area contributed by atoms with Crippen LogP contribution < -0.4 is 0 Å². The molecule has 0 aromatic heterocycles. The van der Waals surface area contributed by atoms with Crippen LogP contribution in [0.2, 0.25) is 0 Å². The molecule has 0 bridgehead atoms. The molecule has 1 amide bonds. The zero-order chi connectivity index (χ0) is 17.3. The van der Waals surface area contributed by atoms with Crippen molar-refractivity contribution in [2.45, 2.75) is 13.8 Å². The minimum Gasteiger partial charge on any atom is -0.290 e. The second kappa shape index (κ2) is 6.95. The molecule has 5 heteroatoms. The summed E-state index contributed by atoms with van der Waals surface area (Å²) in [5, 5.41) is 0.701. The summed E-state index contributed by atoms with van der Waals surface area (Å²) in [5.74, 6) is -0.0227. The van der Waals surface area contributed by atoms with Gasteiger partial charge in [-0.25, -0.2) is 4.99 Å². The van der Waals surface area contributed by atoms with Crippen molar-refractivity contribution in [2.75, 3.05) is 7.05 Å². The fourth-order valence-electron chi connectivity index (χ4n) is 2.27. The molecule has 0 radical (unpaired) electrons. The standard InChI is InChI=1S/C19H17BrN2OS/c1-12-4-9-16(10-13(12)2)21-19-22(3)18(23)17(24-19)11-14-5-7-15(20)8-6-14/h4-11H,1-3H3/b17-11+,21-19?. The Bertz CT molecular complexity index is 856. The molecular formula is C19H17BrN2OS. The van der Waals surface area contributed by atoms with Gasteiger partial charge >= 0.3 is 0 Å². The summed E-state index contributed by atoms with van der Waals surface area (Å²) in [4.78, 5) is 19.4. The maximum absolute atomic E-state index is 12.4. The third-order valence-corrected chi connectivity index (χ3v) is 5.48. The minimum absolute atomic E-state index is 0.0227. The van der Waals surface area contributed by atoms with Gasteiger partial charge in [0.05, 0.1) is 10.6 Å². The lowest BCUT2D eigenvalue weighted by Crippen LogP contribution is -2.23. The monoisotopic (exact) mass is 400 g/mol. The first-order chi connectivity index (χ1) is 11.4. The van der Waals surface area contributed by atoms with Crippen LogP contribution in [0.4, 0.5) is 5.69 Å². The van der Waals surface area contributed by atoms with Gasteiger partial charge < -0.3 is 0 Å². The smallest absolute Gasteiger partial charge is 0.266 e. The number of likely N-dealkylation sites (N-methyl/N-ethyl adjacent to an activating group) is 1. The summed E-state index contributed by atoms with van der Waals surface area (Å²) in [5.41, 5.74) is 4.29. The molecule has 0 aliphatic carbocycles. The van der Waals surface area contributed by atoms with Gasteiger partial charge in [-0.15, -0.1) is 0 Å². The van der Waals surface area contributed by atoms with E-state index in [1.54, 1.807) is 11.9 Å². The van der Waals surface area contributed by atoms with E-state index in [0.717, 1.165) is 15.7 Å². The number of hydrogen-bond donors (Lipinski definition) is 0. The number of amides is 1. The summed E-state index contributed by atoms with van der Waals surface area (Å²) >= 11 is 4.82. The van der Waals surface area contributed by atoms with Gasteiger partial charge in [0.15, 0.2) is 5.17 Å². The number of aryl methyl sites for hydroxylation is 2. The summed E-state index contributed by atoms with van der Waals surface area (Å²) in [6.45, 7) is 4.14. The number of halogens is 1. The number of rotatable bonds is 2. The lowest BCUT2D eigenvalue weighted by atomic mass is 10.1. The van der Waals surface area contributed by atoms with Gasteiger partial charge in [0, 0.05) is 11.5 Å². The Hall–Kier alpha value is -1.85. The van der Waals surface area contributed by atoms with Gasteiger partial charge in [-0.2, -0.15) is 0 Å². The number of nitrogens with zero attached hydrogens (tertiary/aromatic N) is 2. The van der Waals surface area contributed by atoms with Gasteiger partial charge in [-0.1, -0.05) is 34.1 Å². The van der Waals surface area contributed by atoms with Crippen molar-refractivity contribution in [3.05, 3.63) is 68.5 Å². The Balaban J connectivity index is 1.89. The van der Waals surface area contributed by atoms with E-state index in [1.807, 2.05) is 42.5 Å². The van der Waals surface area contributed by atoms with Crippen molar-refractivity contribution in [3.8, 4) is 0 Å². The summed E-state index contributed by atoms with van der Waals surface area (Å²) in [6, 6.07) is 13.9. The molecule has 1 fully saturated rings. The van der Waals surface area contributed by atoms with Gasteiger partial charge in [-0.05, 0) is 72.6 Å². The molecular weight excluding hydrogens is 384 g/mol. The first-order valence-corrected chi connectivity index (χ1v) is 9.14. The van der Waals surface area contributed by atoms with Gasteiger partial charge in [-0.3, -0.25) is 9.69 Å². The van der Waals surface area contributed by atoms with Gasteiger partial charge in [0.25, 0.3) is 5.91 Å². The number of thioether (sulfide) groups is 1. The quantitative estimate of drug-likeness (QED) is 0.640. The van der Waals surface area contributed by atoms with E-state index in [2.05, 4.69) is 40.8 Å². The molecule has 2 aromatic rings. The molecule has 0 atom stereocenters. The highest BCUT2D eigenvalue weighted by molar-refractivity contribution is 9.10. The van der Waals surface area contributed by atoms with E-state index in [9.17, 15) is 4.79 Å². The summed E-state index contributed by atoms with van der Waals surface area (Å²) in [7, 11) is 1.76. The molecule has 1 aliphatic rings. The summed E-state index contributed by atoms with van der Waals surface area (Å²) < 4.78 is 1.02. The molecule has 1 saturated heterocycles. The predicted octanol–water partition coefficient (Wildman–Crippen LogP) is 5.30. The van der Waals surface area contributed by atoms with Crippen molar-refractivity contribution in [3.63, 3.8) is 0 Å². The fourth-order valence-corrected chi connectivity index (χ4v) is 3.52. The highest BCUT2D eigenvalue weighted by atomic mass is 79.9. The topological polar surface area (TPSA) is 32.7 Å². The van der Waals surface area contributed by atoms with Crippen LogP contribution in [0.15, 0.2) is 56.8 Å². The largest absolute Gasteiger partial charge is 0.290 e. The van der Waals surface area contributed by atoms with E-state index in [1.165, 1.54) is 22.9 Å². The van der Waals surface area contributed by atoms with E-state index in [4.69, 9.17) is 0 Å². The van der Waals surface area contributed by atoms with Crippen LogP contribution in [-0.4, -0.2) is 23.0 Å². The third-order valence-electron chi connectivity index (χ3n) is 3.89. The van der Waals surface area contributed by atoms with E-state index >= 15 is 0 Å². The Labute approximate surface area is 154 Å². The van der Waals surface area contributed by atoms with Crippen molar-refractivity contribution in [1.82, 2.24) is 4.90 Å². The molecule has 0 unspecified atom stereocenters. The van der Waals surface area contributed by atoms with Crippen LogP contribution >= 0.6 is 27.7 Å². The van der Waals surface area contributed by atoms with Gasteiger partial charge in [0.1, 0.15) is 0 Å². The maximum Gasteiger partial charge on any atom is 0.266 e. The van der Waals surface area contributed by atoms with Crippen LogP contribution in [0.3, 0.4) is 0 Å². The SMILES string of the molecule is Cc1ccc(N=C2S/C(=C/c3ccc(Br)cc3)C(=O)N2C)cc1C. The first-order valence-electron chi connectivity index (χ1n) is 7.53. The fraction of sp³-hybridized carbons (Fsp3) is 0.158. The third kappa shape index (κ3) is 3.62. The maximum atomic E-state index is 12.4. The number of carbonyl (C=O) groups is 1. The molecule has 0 saturated carbocycles. The Morgan fingerprint density at radius 3 is 2.46 bits per heavy atom. The number of benzene rings is 2. The zero-order valence-corrected chi connectivity index (χ0v) is 16.1. The average molecular weight is 401 g/mol. The zero-order valence-electron chi connectivity index (χ0n) is 13.7. The van der Waals surface area contributed by atoms with Crippen LogP contribution in [0.1, 0.15) is 16.7 Å². The highest BCUT2D eigenvalue weighted by Gasteiger charge is 2.30. The minimum atomic E-state index is -0.0227. The van der Waals surface area contributed by atoms with E-state index < -0.39 is 0 Å². The van der Waals surface area contributed by atoms with Crippen molar-refractivity contribution in [2.24, 2.45) is 4.99 Å². The number of amidine groups is 1. The molecule has 0 spiro atoms. The molecule has 1 aliphatic heterocycles. The number of hydrogen-bond acceptors (Lipinski definition) is 3. The van der Waals surface area contributed by atoms with Crippen LogP contribution in [-0.2, 0) is 4.79 Å². The number of carbonyl (C=O) groups excluding carboxylic acids is 1. The Kier molecular flexibility index (Phi) is 4.92. The van der Waals surface area contributed by atoms with Crippen molar-refractivity contribution < 1.29 is 4.79 Å². The molecule has 3 nitrogen and oxygen atoms in total. The van der Waals surface area contributed by atoms with E-state index in [-0.39, 0.29) is 5.91 Å². The van der Waals surface area contributed by atoms with Gasteiger partial charge in [0.2, 0.25) is 0 Å². The lowest BCUT2D eigenvalue weighted by molar-refractivity contribution is -0.121. The molecule has 2 aromatic carbocycles. The van der Waals surface area contributed by atoms with E-state index in [0.29, 0.717) is 10.1 Å². The molecule has 3 rings (SSSR count). The van der Waals surface area contributed by atoms with Crippen molar-refractivity contribution in [1.29, 1.82) is 0 Å². The predicted molar refractivity (Wildman–Crippen MR) is 105 cm³/mol. The summed E-state index contributed by atoms with van der Waals surface area (Å²) in [6.07, 6.45) is 1.90. The second-order valence-electron chi connectivity index (χ2n) is 5.69. The van der Waals surface area contributed by atoms with Crippen molar-refractivity contribution >= 4 is 50.5 Å². The molecule has 24 heavy (non-hydrogen) atoms. The van der Waals surface area contributed by atoms with Crippen LogP contribution in [0, 0.1) is 13.8 Å². The second-order valence-corrected chi connectivity index (χ2v) is 7.61. The first kappa shape index (κ1) is 17.0. The molecule has 1 heterocycles. The Morgan fingerprint density at radius 2 is 1.79 bits per heavy atom. The highest BCUT2D eigenvalue weighted by Crippen LogP contribution is 2.33. The van der Waals surface area contributed by atoms with Crippen LogP contribution in [0.25, 0.3) is 6.08 Å². The lowest BCUT2D eigenvalue weighted by Gasteiger charge is -2.08. The molecule has 122 valence electrons. The number of aliphatic imine (C=N–C) groups is 1. The van der Waals surface area contributed by atoms with Crippen LogP contribution in [0.5, 0.6) is 0 Å². The normalized spacial score (nSPS) is 18.0. The molecule has 0 N–H and O–H groups in total.